The van der Waals surface area contributed by atoms with Crippen molar-refractivity contribution >= 4 is 11.0 Å². The van der Waals surface area contributed by atoms with Gasteiger partial charge in [-0.3, -0.25) is 0 Å². The first-order chi connectivity index (χ1) is 7.15. The molecule has 1 heterocycles. The first kappa shape index (κ1) is 10.1. The second-order valence-corrected chi connectivity index (χ2v) is 3.98. The molecule has 0 fully saturated rings. The monoisotopic (exact) mass is 206 g/mol. The zero-order chi connectivity index (χ0) is 11.0. The molecule has 0 unspecified atom stereocenters. The van der Waals surface area contributed by atoms with Gasteiger partial charge in [-0.1, -0.05) is 19.9 Å². The van der Waals surface area contributed by atoms with Crippen LogP contribution in [0.2, 0.25) is 0 Å². The molecule has 3 heteroatoms. The number of hydrogen-bond donors (Lipinski definition) is 0. The number of nitrogens with zero attached hydrogens (tertiary/aromatic N) is 2. The quantitative estimate of drug-likeness (QED) is 0.737. The van der Waals surface area contributed by atoms with Crippen molar-refractivity contribution in [3.8, 4) is 0 Å². The smallest absolute Gasteiger partial charge is 0.151 e. The Balaban J connectivity index is 2.78. The molecule has 1 aromatic heterocycles. The van der Waals surface area contributed by atoms with Crippen molar-refractivity contribution in [2.75, 3.05) is 0 Å². The summed E-state index contributed by atoms with van der Waals surface area (Å²) in [6, 6.07) is 5.11. The topological polar surface area (TPSA) is 17.8 Å². The lowest BCUT2D eigenvalue weighted by Crippen LogP contribution is -2.02. The molecule has 1 aromatic carbocycles. The van der Waals surface area contributed by atoms with E-state index in [9.17, 15) is 4.39 Å². The third-order valence-corrected chi connectivity index (χ3v) is 2.59. The van der Waals surface area contributed by atoms with E-state index < -0.39 is 0 Å². The van der Waals surface area contributed by atoms with Gasteiger partial charge in [-0.2, -0.15) is 0 Å². The van der Waals surface area contributed by atoms with Gasteiger partial charge in [0.1, 0.15) is 11.3 Å². The van der Waals surface area contributed by atoms with Crippen molar-refractivity contribution in [3.63, 3.8) is 0 Å². The predicted molar refractivity (Wildman–Crippen MR) is 59.5 cm³/mol. The fourth-order valence-corrected chi connectivity index (χ4v) is 1.90. The van der Waals surface area contributed by atoms with Crippen molar-refractivity contribution < 1.29 is 4.39 Å². The SMILES string of the molecule is CCn1c(C(C)C)nc2c(F)cccc21. The molecular weight excluding hydrogens is 191 g/mol. The minimum atomic E-state index is -0.235. The molecule has 15 heavy (non-hydrogen) atoms. The third kappa shape index (κ3) is 1.52. The van der Waals surface area contributed by atoms with Crippen molar-refractivity contribution in [1.82, 2.24) is 9.55 Å². The Labute approximate surface area is 88.7 Å². The standard InChI is InChI=1S/C12H15FN2/c1-4-15-10-7-5-6-9(13)11(10)14-12(15)8(2)3/h5-8H,4H2,1-3H3. The molecule has 2 rings (SSSR count). The van der Waals surface area contributed by atoms with E-state index >= 15 is 0 Å². The van der Waals surface area contributed by atoms with Gasteiger partial charge in [0.05, 0.1) is 5.52 Å². The van der Waals surface area contributed by atoms with Crippen LogP contribution in [0.4, 0.5) is 4.39 Å². The van der Waals surface area contributed by atoms with Gasteiger partial charge in [-0.15, -0.1) is 0 Å². The van der Waals surface area contributed by atoms with E-state index in [0.717, 1.165) is 17.9 Å². The molecule has 0 bridgehead atoms. The second kappa shape index (κ2) is 3.65. The maximum Gasteiger partial charge on any atom is 0.151 e. The van der Waals surface area contributed by atoms with Crippen LogP contribution in [0.15, 0.2) is 18.2 Å². The Kier molecular flexibility index (Phi) is 2.47. The fraction of sp³-hybridized carbons (Fsp3) is 0.417. The lowest BCUT2D eigenvalue weighted by molar-refractivity contribution is 0.636. The van der Waals surface area contributed by atoms with Crippen LogP contribution in [0, 0.1) is 5.82 Å². The van der Waals surface area contributed by atoms with Crippen LogP contribution in [0.1, 0.15) is 32.5 Å². The van der Waals surface area contributed by atoms with Crippen LogP contribution in [-0.4, -0.2) is 9.55 Å². The highest BCUT2D eigenvalue weighted by Crippen LogP contribution is 2.23. The number of aromatic nitrogens is 2. The van der Waals surface area contributed by atoms with Gasteiger partial charge >= 0.3 is 0 Å². The minimum Gasteiger partial charge on any atom is -0.328 e. The minimum absolute atomic E-state index is 0.235. The van der Waals surface area contributed by atoms with Gasteiger partial charge in [0.25, 0.3) is 0 Å². The van der Waals surface area contributed by atoms with Crippen molar-refractivity contribution in [2.45, 2.75) is 33.2 Å². The zero-order valence-electron chi connectivity index (χ0n) is 9.29. The zero-order valence-corrected chi connectivity index (χ0v) is 9.29. The molecule has 80 valence electrons. The summed E-state index contributed by atoms with van der Waals surface area (Å²) < 4.78 is 15.6. The second-order valence-electron chi connectivity index (χ2n) is 3.98. The van der Waals surface area contributed by atoms with E-state index in [1.807, 2.05) is 6.07 Å². The molecule has 0 saturated heterocycles. The Morgan fingerprint density at radius 1 is 1.40 bits per heavy atom. The fourth-order valence-electron chi connectivity index (χ4n) is 1.90. The average Bonchev–Trinajstić information content (AvgIpc) is 2.57. The molecule has 2 aromatic rings. The van der Waals surface area contributed by atoms with Gasteiger partial charge in [0, 0.05) is 12.5 Å². The predicted octanol–water partition coefficient (Wildman–Crippen LogP) is 3.32. The maximum atomic E-state index is 13.5. The molecule has 0 amide bonds. The summed E-state index contributed by atoms with van der Waals surface area (Å²) in [7, 11) is 0. The lowest BCUT2D eigenvalue weighted by atomic mass is 10.2. The molecule has 0 atom stereocenters. The van der Waals surface area contributed by atoms with Gasteiger partial charge in [0.15, 0.2) is 5.82 Å². The number of imidazole rings is 1. The van der Waals surface area contributed by atoms with Gasteiger partial charge in [0.2, 0.25) is 0 Å². The van der Waals surface area contributed by atoms with E-state index in [1.54, 1.807) is 6.07 Å². The largest absolute Gasteiger partial charge is 0.328 e. The number of aryl methyl sites for hydroxylation is 1. The van der Waals surface area contributed by atoms with E-state index in [4.69, 9.17) is 0 Å². The molecule has 0 spiro atoms. The van der Waals surface area contributed by atoms with Crippen molar-refractivity contribution in [1.29, 1.82) is 0 Å². The van der Waals surface area contributed by atoms with Crippen LogP contribution in [0.3, 0.4) is 0 Å². The average molecular weight is 206 g/mol. The highest BCUT2D eigenvalue weighted by Gasteiger charge is 2.14. The summed E-state index contributed by atoms with van der Waals surface area (Å²) in [6.45, 7) is 7.03. The Morgan fingerprint density at radius 2 is 2.13 bits per heavy atom. The van der Waals surface area contributed by atoms with E-state index in [-0.39, 0.29) is 5.82 Å². The van der Waals surface area contributed by atoms with Crippen LogP contribution in [0.25, 0.3) is 11.0 Å². The molecule has 0 saturated carbocycles. The Hall–Kier alpha value is -1.38. The maximum absolute atomic E-state index is 13.5. The highest BCUT2D eigenvalue weighted by atomic mass is 19.1. The summed E-state index contributed by atoms with van der Waals surface area (Å²) in [6.07, 6.45) is 0. The van der Waals surface area contributed by atoms with E-state index in [0.29, 0.717) is 11.4 Å². The first-order valence-electron chi connectivity index (χ1n) is 5.29. The molecule has 0 N–H and O–H groups in total. The third-order valence-electron chi connectivity index (χ3n) is 2.59. The van der Waals surface area contributed by atoms with Crippen molar-refractivity contribution in [3.05, 3.63) is 29.8 Å². The molecule has 2 nitrogen and oxygen atoms in total. The number of hydrogen-bond acceptors (Lipinski definition) is 1. The first-order valence-corrected chi connectivity index (χ1v) is 5.29. The normalized spacial score (nSPS) is 11.5. The van der Waals surface area contributed by atoms with Gasteiger partial charge < -0.3 is 4.57 Å². The highest BCUT2D eigenvalue weighted by molar-refractivity contribution is 5.76. The van der Waals surface area contributed by atoms with Crippen LogP contribution in [-0.2, 0) is 6.54 Å². The summed E-state index contributed by atoms with van der Waals surface area (Å²) in [5, 5.41) is 0. The molecule has 0 aliphatic carbocycles. The van der Waals surface area contributed by atoms with Crippen LogP contribution >= 0.6 is 0 Å². The summed E-state index contributed by atoms with van der Waals surface area (Å²) in [4.78, 5) is 4.37. The summed E-state index contributed by atoms with van der Waals surface area (Å²) >= 11 is 0. The van der Waals surface area contributed by atoms with Crippen LogP contribution in [0.5, 0.6) is 0 Å². The van der Waals surface area contributed by atoms with Crippen molar-refractivity contribution in [2.24, 2.45) is 0 Å². The number of halogens is 1. The van der Waals surface area contributed by atoms with Crippen LogP contribution < -0.4 is 0 Å². The number of fused-ring (bicyclic) bond motifs is 1. The van der Waals surface area contributed by atoms with E-state index in [1.165, 1.54) is 6.07 Å². The molecule has 0 radical (unpaired) electrons. The molecule has 0 aliphatic rings. The van der Waals surface area contributed by atoms with Gasteiger partial charge in [-0.25, -0.2) is 9.37 Å². The molecular formula is C12H15FN2. The number of rotatable bonds is 2. The Bertz CT molecular complexity index is 486. The van der Waals surface area contributed by atoms with E-state index in [2.05, 4.69) is 30.3 Å². The number of para-hydroxylation sites is 1. The summed E-state index contributed by atoms with van der Waals surface area (Å²) in [5.41, 5.74) is 1.38. The lowest BCUT2D eigenvalue weighted by Gasteiger charge is -2.07. The van der Waals surface area contributed by atoms with Gasteiger partial charge in [-0.05, 0) is 19.1 Å². The Morgan fingerprint density at radius 3 is 2.73 bits per heavy atom. The number of benzene rings is 1. The summed E-state index contributed by atoms with van der Waals surface area (Å²) in [5.74, 6) is 1.04. The molecule has 0 aliphatic heterocycles.